The maximum Gasteiger partial charge on any atom is 0.178 e. The summed E-state index contributed by atoms with van der Waals surface area (Å²) in [4.78, 5) is 14.5. The van der Waals surface area contributed by atoms with Gasteiger partial charge in [0.15, 0.2) is 5.78 Å². The first-order valence-electron chi connectivity index (χ1n) is 7.16. The van der Waals surface area contributed by atoms with E-state index in [1.807, 2.05) is 7.05 Å². The Balaban J connectivity index is 1.97. The van der Waals surface area contributed by atoms with Crippen LogP contribution in [0.4, 0.5) is 0 Å². The fraction of sp³-hybridized carbons (Fsp3) is 0.562. The molecule has 1 aliphatic rings. The van der Waals surface area contributed by atoms with Crippen molar-refractivity contribution < 1.29 is 4.79 Å². The van der Waals surface area contributed by atoms with Gasteiger partial charge in [0.25, 0.3) is 0 Å². The number of benzene rings is 1. The van der Waals surface area contributed by atoms with Gasteiger partial charge in [-0.05, 0) is 56.8 Å². The van der Waals surface area contributed by atoms with Crippen LogP contribution in [0.1, 0.15) is 43.0 Å². The van der Waals surface area contributed by atoms with E-state index in [0.29, 0.717) is 28.2 Å². The summed E-state index contributed by atoms with van der Waals surface area (Å²) >= 11 is 11.9. The third kappa shape index (κ3) is 3.97. The summed E-state index contributed by atoms with van der Waals surface area (Å²) in [6.07, 6.45) is 4.87. The molecule has 0 aliphatic heterocycles. The lowest BCUT2D eigenvalue weighted by Gasteiger charge is -2.33. The Kier molecular flexibility index (Phi) is 5.48. The Morgan fingerprint density at radius 2 is 1.90 bits per heavy atom. The molecule has 0 atom stereocenters. The fourth-order valence-electron chi connectivity index (χ4n) is 2.84. The molecular formula is C16H21Cl2NO. The van der Waals surface area contributed by atoms with Gasteiger partial charge in [-0.2, -0.15) is 0 Å². The molecule has 2 nitrogen and oxygen atoms in total. The zero-order valence-corrected chi connectivity index (χ0v) is 13.5. The predicted octanol–water partition coefficient (Wildman–Crippen LogP) is 4.69. The zero-order chi connectivity index (χ0) is 14.7. The number of nitrogens with zero attached hydrogens (tertiary/aromatic N) is 1. The quantitative estimate of drug-likeness (QED) is 0.752. The van der Waals surface area contributed by atoms with Crippen LogP contribution < -0.4 is 0 Å². The van der Waals surface area contributed by atoms with Crippen molar-refractivity contribution >= 4 is 29.0 Å². The Hall–Kier alpha value is -0.570. The monoisotopic (exact) mass is 313 g/mol. The third-order valence-electron chi connectivity index (χ3n) is 4.23. The molecule has 0 saturated heterocycles. The van der Waals surface area contributed by atoms with Crippen molar-refractivity contribution in [3.63, 3.8) is 0 Å². The number of ketones is 1. The van der Waals surface area contributed by atoms with Gasteiger partial charge in [0, 0.05) is 16.6 Å². The van der Waals surface area contributed by atoms with Crippen LogP contribution >= 0.6 is 23.2 Å². The number of Topliss-reactive ketones (excluding diaryl/α,β-unsaturated/α-hetero) is 1. The third-order valence-corrected chi connectivity index (χ3v) is 4.78. The van der Waals surface area contributed by atoms with E-state index in [0.717, 1.165) is 5.92 Å². The second-order valence-electron chi connectivity index (χ2n) is 5.88. The van der Waals surface area contributed by atoms with Crippen molar-refractivity contribution in [2.75, 3.05) is 13.6 Å². The van der Waals surface area contributed by atoms with Crippen molar-refractivity contribution in [2.24, 2.45) is 5.92 Å². The molecule has 0 radical (unpaired) electrons. The van der Waals surface area contributed by atoms with E-state index >= 15 is 0 Å². The van der Waals surface area contributed by atoms with E-state index < -0.39 is 0 Å². The van der Waals surface area contributed by atoms with Gasteiger partial charge in [0.1, 0.15) is 0 Å². The highest BCUT2D eigenvalue weighted by molar-refractivity contribution is 6.36. The van der Waals surface area contributed by atoms with Crippen LogP contribution in [-0.2, 0) is 0 Å². The number of likely N-dealkylation sites (N-methyl/N-ethyl adjacent to an activating group) is 1. The Bertz CT molecular complexity index is 481. The topological polar surface area (TPSA) is 20.3 Å². The van der Waals surface area contributed by atoms with Crippen molar-refractivity contribution in [3.8, 4) is 0 Å². The number of hydrogen-bond donors (Lipinski definition) is 0. The number of rotatable bonds is 4. The lowest BCUT2D eigenvalue weighted by molar-refractivity contribution is 0.0889. The summed E-state index contributed by atoms with van der Waals surface area (Å²) < 4.78 is 0. The Morgan fingerprint density at radius 1 is 1.25 bits per heavy atom. The molecule has 0 N–H and O–H groups in total. The maximum absolute atomic E-state index is 12.3. The molecule has 0 heterocycles. The normalized spacial score (nSPS) is 23.1. The Morgan fingerprint density at radius 3 is 2.50 bits per heavy atom. The molecule has 1 aliphatic carbocycles. The zero-order valence-electron chi connectivity index (χ0n) is 12.0. The van der Waals surface area contributed by atoms with E-state index in [2.05, 4.69) is 11.8 Å². The highest BCUT2D eigenvalue weighted by Crippen LogP contribution is 2.27. The first-order valence-corrected chi connectivity index (χ1v) is 7.91. The molecule has 2 rings (SSSR count). The lowest BCUT2D eigenvalue weighted by atomic mass is 9.86. The highest BCUT2D eigenvalue weighted by Gasteiger charge is 2.23. The van der Waals surface area contributed by atoms with Gasteiger partial charge in [-0.15, -0.1) is 0 Å². The molecule has 1 saturated carbocycles. The molecule has 0 amide bonds. The first-order chi connectivity index (χ1) is 9.47. The minimum atomic E-state index is 0.0628. The summed E-state index contributed by atoms with van der Waals surface area (Å²) in [6, 6.07) is 5.56. The van der Waals surface area contributed by atoms with Gasteiger partial charge < -0.3 is 0 Å². The summed E-state index contributed by atoms with van der Waals surface area (Å²) in [5, 5.41) is 0.995. The molecule has 0 aromatic heterocycles. The van der Waals surface area contributed by atoms with Crippen molar-refractivity contribution in [1.29, 1.82) is 0 Å². The second kappa shape index (κ2) is 6.93. The molecular weight excluding hydrogens is 293 g/mol. The molecule has 0 spiro atoms. The Labute approximate surface area is 131 Å². The summed E-state index contributed by atoms with van der Waals surface area (Å²) in [7, 11) is 2.03. The standard InChI is InChI=1S/C16H21Cl2NO/c1-11-3-6-13(7-4-11)19(2)10-16(20)14-8-5-12(17)9-15(14)18/h5,8-9,11,13H,3-4,6-7,10H2,1-2H3. The van der Waals surface area contributed by atoms with Gasteiger partial charge in [-0.3, -0.25) is 9.69 Å². The van der Waals surface area contributed by atoms with Crippen LogP contribution in [-0.4, -0.2) is 30.3 Å². The minimum Gasteiger partial charge on any atom is -0.296 e. The lowest BCUT2D eigenvalue weighted by Crippen LogP contribution is -2.38. The molecule has 1 fully saturated rings. The van der Waals surface area contributed by atoms with Gasteiger partial charge in [0.05, 0.1) is 11.6 Å². The van der Waals surface area contributed by atoms with E-state index in [1.54, 1.807) is 18.2 Å². The maximum atomic E-state index is 12.3. The number of hydrogen-bond acceptors (Lipinski definition) is 2. The summed E-state index contributed by atoms with van der Waals surface area (Å²) in [5.41, 5.74) is 0.562. The smallest absolute Gasteiger partial charge is 0.178 e. The SMILES string of the molecule is CC1CCC(N(C)CC(=O)c2ccc(Cl)cc2Cl)CC1. The molecule has 4 heteroatoms. The van der Waals surface area contributed by atoms with E-state index in [9.17, 15) is 4.79 Å². The first kappa shape index (κ1) is 15.8. The van der Waals surface area contributed by atoms with Crippen LogP contribution in [0.25, 0.3) is 0 Å². The molecule has 20 heavy (non-hydrogen) atoms. The largest absolute Gasteiger partial charge is 0.296 e. The van der Waals surface area contributed by atoms with Gasteiger partial charge in [0.2, 0.25) is 0 Å². The van der Waals surface area contributed by atoms with Crippen LogP contribution in [0.3, 0.4) is 0 Å². The number of halogens is 2. The van der Waals surface area contributed by atoms with E-state index in [-0.39, 0.29) is 5.78 Å². The van der Waals surface area contributed by atoms with Crippen LogP contribution in [0.15, 0.2) is 18.2 Å². The molecule has 0 bridgehead atoms. The summed E-state index contributed by atoms with van der Waals surface area (Å²) in [5.74, 6) is 0.883. The fourth-order valence-corrected chi connectivity index (χ4v) is 3.35. The van der Waals surface area contributed by atoms with Gasteiger partial charge >= 0.3 is 0 Å². The molecule has 110 valence electrons. The number of carbonyl (C=O) groups is 1. The van der Waals surface area contributed by atoms with Gasteiger partial charge in [-0.1, -0.05) is 30.1 Å². The van der Waals surface area contributed by atoms with Crippen LogP contribution in [0.2, 0.25) is 10.0 Å². The molecule has 0 unspecified atom stereocenters. The average Bonchev–Trinajstić information content (AvgIpc) is 2.39. The molecule has 1 aromatic carbocycles. The van der Waals surface area contributed by atoms with Gasteiger partial charge in [-0.25, -0.2) is 0 Å². The summed E-state index contributed by atoms with van der Waals surface area (Å²) in [6.45, 7) is 2.72. The van der Waals surface area contributed by atoms with Crippen LogP contribution in [0.5, 0.6) is 0 Å². The number of carbonyl (C=O) groups excluding carboxylic acids is 1. The van der Waals surface area contributed by atoms with E-state index in [4.69, 9.17) is 23.2 Å². The van der Waals surface area contributed by atoms with Crippen LogP contribution in [0, 0.1) is 5.92 Å². The average molecular weight is 314 g/mol. The molecule has 1 aromatic rings. The van der Waals surface area contributed by atoms with Crippen molar-refractivity contribution in [2.45, 2.75) is 38.6 Å². The minimum absolute atomic E-state index is 0.0628. The van der Waals surface area contributed by atoms with Crippen molar-refractivity contribution in [1.82, 2.24) is 4.90 Å². The highest BCUT2D eigenvalue weighted by atomic mass is 35.5. The van der Waals surface area contributed by atoms with E-state index in [1.165, 1.54) is 25.7 Å². The van der Waals surface area contributed by atoms with Crippen molar-refractivity contribution in [3.05, 3.63) is 33.8 Å². The second-order valence-corrected chi connectivity index (χ2v) is 6.72. The predicted molar refractivity (Wildman–Crippen MR) is 84.8 cm³/mol.